The molecule has 0 aromatic heterocycles. The van der Waals surface area contributed by atoms with E-state index in [2.05, 4.69) is 35.1 Å². The molecule has 6 aromatic rings. The molecule has 0 unspecified atom stereocenters. The second-order valence-corrected chi connectivity index (χ2v) is 13.6. The highest BCUT2D eigenvalue weighted by molar-refractivity contribution is 7.89. The zero-order valence-corrected chi connectivity index (χ0v) is 25.7. The Morgan fingerprint density at radius 2 is 1.29 bits per heavy atom. The van der Waals surface area contributed by atoms with Crippen LogP contribution in [0.2, 0.25) is 0 Å². The minimum atomic E-state index is -4.08. The molecule has 0 amide bonds. The zero-order valence-electron chi connectivity index (χ0n) is 24.9. The van der Waals surface area contributed by atoms with Gasteiger partial charge in [0.15, 0.2) is 0 Å². The molecule has 6 aromatic carbocycles. The lowest BCUT2D eigenvalue weighted by Crippen LogP contribution is -2.53. The van der Waals surface area contributed by atoms with Crippen LogP contribution >= 0.6 is 0 Å². The van der Waals surface area contributed by atoms with Crippen molar-refractivity contribution in [1.29, 1.82) is 0 Å². The molecule has 45 heavy (non-hydrogen) atoms. The Labute approximate surface area is 264 Å². The number of allylic oxidation sites excluding steroid dienone is 1. The fourth-order valence-electron chi connectivity index (χ4n) is 6.81. The molecule has 1 aliphatic rings. The first kappa shape index (κ1) is 28.9. The molecule has 4 nitrogen and oxygen atoms in total. The first-order valence-corrected chi connectivity index (χ1v) is 16.7. The summed E-state index contributed by atoms with van der Waals surface area (Å²) in [5.41, 5.74) is 3.26. The summed E-state index contributed by atoms with van der Waals surface area (Å²) in [6.45, 7) is 1.92. The Bertz CT molecular complexity index is 2170. The topological polar surface area (TPSA) is 63.2 Å². The van der Waals surface area contributed by atoms with Crippen LogP contribution < -0.4 is 4.72 Å². The van der Waals surface area contributed by atoms with Crippen LogP contribution in [0.25, 0.3) is 27.1 Å². The number of carbonyl (C=O) groups excluding carboxylic acids is 1. The SMILES string of the molecule is Cc1ccc(S(=O)(=O)N[C@@]2(c3ccc4ccccc4c3)C=C(c3ccc4ccccc4c3)C[C@H](c3ccccc3)[C@H]2C=O)cc1. The summed E-state index contributed by atoms with van der Waals surface area (Å²) < 4.78 is 31.8. The second kappa shape index (κ2) is 11.6. The minimum absolute atomic E-state index is 0.153. The molecule has 0 fully saturated rings. The molecular formula is C40H33NO3S. The van der Waals surface area contributed by atoms with Crippen molar-refractivity contribution in [2.24, 2.45) is 5.92 Å². The smallest absolute Gasteiger partial charge is 0.241 e. The van der Waals surface area contributed by atoms with Crippen LogP contribution in [0.5, 0.6) is 0 Å². The van der Waals surface area contributed by atoms with Gasteiger partial charge in [-0.2, -0.15) is 4.72 Å². The van der Waals surface area contributed by atoms with Crippen LogP contribution in [0.3, 0.4) is 0 Å². The Morgan fingerprint density at radius 1 is 0.689 bits per heavy atom. The van der Waals surface area contributed by atoms with Crippen molar-refractivity contribution in [1.82, 2.24) is 4.72 Å². The Kier molecular flexibility index (Phi) is 7.44. The largest absolute Gasteiger partial charge is 0.303 e. The van der Waals surface area contributed by atoms with E-state index < -0.39 is 21.5 Å². The van der Waals surface area contributed by atoms with Gasteiger partial charge in [-0.1, -0.05) is 127 Å². The molecule has 7 rings (SSSR count). The van der Waals surface area contributed by atoms with Gasteiger partial charge in [-0.3, -0.25) is 0 Å². The maximum absolute atomic E-state index is 14.3. The van der Waals surface area contributed by atoms with Crippen LogP contribution in [0, 0.1) is 12.8 Å². The lowest BCUT2D eigenvalue weighted by Gasteiger charge is -2.45. The summed E-state index contributed by atoms with van der Waals surface area (Å²) in [4.78, 5) is 13.6. The van der Waals surface area contributed by atoms with Crippen molar-refractivity contribution in [3.05, 3.63) is 168 Å². The third-order valence-electron chi connectivity index (χ3n) is 9.16. The highest BCUT2D eigenvalue weighted by Crippen LogP contribution is 2.50. The number of carbonyl (C=O) groups is 1. The maximum Gasteiger partial charge on any atom is 0.241 e. The Hall–Kier alpha value is -4.84. The van der Waals surface area contributed by atoms with E-state index in [0.717, 1.165) is 50.1 Å². The van der Waals surface area contributed by atoms with Gasteiger partial charge in [-0.25, -0.2) is 8.42 Å². The van der Waals surface area contributed by atoms with Gasteiger partial charge in [0.25, 0.3) is 0 Å². The fourth-order valence-corrected chi connectivity index (χ4v) is 8.18. The summed E-state index contributed by atoms with van der Waals surface area (Å²) in [6, 6.07) is 45.3. The molecule has 0 saturated heterocycles. The van der Waals surface area contributed by atoms with Gasteiger partial charge in [-0.15, -0.1) is 0 Å². The minimum Gasteiger partial charge on any atom is -0.303 e. The van der Waals surface area contributed by atoms with Crippen LogP contribution in [0.15, 0.2) is 150 Å². The number of hydrogen-bond acceptors (Lipinski definition) is 3. The quantitative estimate of drug-likeness (QED) is 0.185. The molecule has 0 radical (unpaired) electrons. The van der Waals surface area contributed by atoms with Gasteiger partial charge >= 0.3 is 0 Å². The molecule has 0 saturated carbocycles. The van der Waals surface area contributed by atoms with Crippen LogP contribution in [-0.2, 0) is 20.4 Å². The monoisotopic (exact) mass is 607 g/mol. The fraction of sp³-hybridized carbons (Fsp3) is 0.125. The summed E-state index contributed by atoms with van der Waals surface area (Å²) in [7, 11) is -4.08. The zero-order chi connectivity index (χ0) is 31.0. The van der Waals surface area contributed by atoms with Crippen molar-refractivity contribution >= 4 is 43.4 Å². The average molecular weight is 608 g/mol. The summed E-state index contributed by atoms with van der Waals surface area (Å²) >= 11 is 0. The highest BCUT2D eigenvalue weighted by Gasteiger charge is 2.49. The average Bonchev–Trinajstić information content (AvgIpc) is 3.08. The summed E-state index contributed by atoms with van der Waals surface area (Å²) in [5, 5.41) is 4.23. The molecule has 1 aliphatic carbocycles. The number of benzene rings is 6. The van der Waals surface area contributed by atoms with Gasteiger partial charge < -0.3 is 4.79 Å². The molecule has 0 spiro atoms. The number of nitrogens with one attached hydrogen (secondary N) is 1. The highest BCUT2D eigenvalue weighted by atomic mass is 32.2. The molecular weight excluding hydrogens is 575 g/mol. The maximum atomic E-state index is 14.3. The Morgan fingerprint density at radius 3 is 1.96 bits per heavy atom. The van der Waals surface area contributed by atoms with Crippen molar-refractivity contribution in [2.75, 3.05) is 0 Å². The van der Waals surface area contributed by atoms with Gasteiger partial charge in [0.2, 0.25) is 10.0 Å². The molecule has 3 atom stereocenters. The second-order valence-electron chi connectivity index (χ2n) is 12.0. The molecule has 0 aliphatic heterocycles. The van der Waals surface area contributed by atoms with Crippen LogP contribution in [0.4, 0.5) is 0 Å². The van der Waals surface area contributed by atoms with Crippen molar-refractivity contribution in [3.63, 3.8) is 0 Å². The van der Waals surface area contributed by atoms with E-state index in [1.165, 1.54) is 0 Å². The standard InChI is InChI=1S/C40H33NO3S/c1-28-15-21-37(22-16-28)45(43,44)41-40(36-20-19-30-10-6-8-14-33(30)24-36)26-35(34-18-17-29-9-5-7-13-32(29)23-34)25-38(39(40)27-42)31-11-3-2-4-12-31/h2-24,26-27,38-39,41H,25H2,1H3/t38-,39-,40-/m1/s1. The van der Waals surface area contributed by atoms with E-state index in [1.54, 1.807) is 24.3 Å². The van der Waals surface area contributed by atoms with Gasteiger partial charge in [-0.05, 0) is 87.3 Å². The van der Waals surface area contributed by atoms with Gasteiger partial charge in [0.1, 0.15) is 6.29 Å². The predicted octanol–water partition coefficient (Wildman–Crippen LogP) is 8.56. The van der Waals surface area contributed by atoms with E-state index in [9.17, 15) is 13.2 Å². The lowest BCUT2D eigenvalue weighted by molar-refractivity contribution is -0.113. The van der Waals surface area contributed by atoms with E-state index in [1.807, 2.05) is 97.9 Å². The van der Waals surface area contributed by atoms with E-state index in [4.69, 9.17) is 0 Å². The van der Waals surface area contributed by atoms with E-state index in [-0.39, 0.29) is 10.8 Å². The van der Waals surface area contributed by atoms with Crippen LogP contribution in [0.1, 0.15) is 34.6 Å². The lowest BCUT2D eigenvalue weighted by atomic mass is 9.63. The van der Waals surface area contributed by atoms with Crippen molar-refractivity contribution in [2.45, 2.75) is 29.7 Å². The number of sulfonamides is 1. The van der Waals surface area contributed by atoms with Crippen molar-refractivity contribution in [3.8, 4) is 0 Å². The molecule has 1 N–H and O–H groups in total. The normalized spacial score (nSPS) is 20.2. The molecule has 0 heterocycles. The molecule has 0 bridgehead atoms. The predicted molar refractivity (Wildman–Crippen MR) is 182 cm³/mol. The van der Waals surface area contributed by atoms with E-state index >= 15 is 0 Å². The number of fused-ring (bicyclic) bond motifs is 2. The first-order valence-electron chi connectivity index (χ1n) is 15.2. The first-order chi connectivity index (χ1) is 21.9. The third kappa shape index (κ3) is 5.39. The Balaban J connectivity index is 1.52. The number of aryl methyl sites for hydroxylation is 1. The van der Waals surface area contributed by atoms with Crippen LogP contribution in [-0.4, -0.2) is 14.7 Å². The third-order valence-corrected chi connectivity index (χ3v) is 10.7. The van der Waals surface area contributed by atoms with Gasteiger partial charge in [0.05, 0.1) is 10.4 Å². The van der Waals surface area contributed by atoms with E-state index in [0.29, 0.717) is 12.0 Å². The molecule has 5 heteroatoms. The van der Waals surface area contributed by atoms with Crippen molar-refractivity contribution < 1.29 is 13.2 Å². The van der Waals surface area contributed by atoms with Gasteiger partial charge in [0, 0.05) is 5.92 Å². The summed E-state index contributed by atoms with van der Waals surface area (Å²) in [5.74, 6) is -1.02. The molecule has 222 valence electrons. The number of rotatable bonds is 7. The number of aldehydes is 1. The number of hydrogen-bond donors (Lipinski definition) is 1. The summed E-state index contributed by atoms with van der Waals surface area (Å²) in [6.07, 6.45) is 3.52.